The summed E-state index contributed by atoms with van der Waals surface area (Å²) in [5.41, 5.74) is 1.90. The molecule has 2 aromatic carbocycles. The van der Waals surface area contributed by atoms with Gasteiger partial charge in [-0.15, -0.1) is 0 Å². The first kappa shape index (κ1) is 12.5. The standard InChI is InChI=1S/C14H15BO3/c1-11-7-3-5-9-13(11)17-15(16)18-14-10-6-4-8-12(14)2/h3-10,16H,1-2H3. The highest BCUT2D eigenvalue weighted by molar-refractivity contribution is 6.36. The van der Waals surface area contributed by atoms with Gasteiger partial charge in [0.1, 0.15) is 11.5 Å². The Morgan fingerprint density at radius 1 is 0.778 bits per heavy atom. The van der Waals surface area contributed by atoms with Crippen molar-refractivity contribution in [3.05, 3.63) is 59.7 Å². The van der Waals surface area contributed by atoms with E-state index in [0.717, 1.165) is 11.1 Å². The Bertz CT molecular complexity index is 480. The van der Waals surface area contributed by atoms with E-state index >= 15 is 0 Å². The molecule has 0 atom stereocenters. The van der Waals surface area contributed by atoms with Crippen LogP contribution in [-0.2, 0) is 0 Å². The number of hydrogen-bond donors (Lipinski definition) is 1. The van der Waals surface area contributed by atoms with Gasteiger partial charge in [-0.25, -0.2) is 0 Å². The third kappa shape index (κ3) is 3.05. The fourth-order valence-corrected chi connectivity index (χ4v) is 1.62. The van der Waals surface area contributed by atoms with E-state index in [9.17, 15) is 5.02 Å². The Morgan fingerprint density at radius 3 is 1.56 bits per heavy atom. The molecule has 18 heavy (non-hydrogen) atoms. The monoisotopic (exact) mass is 242 g/mol. The first-order valence-electron chi connectivity index (χ1n) is 5.79. The van der Waals surface area contributed by atoms with Crippen LogP contribution in [0.25, 0.3) is 0 Å². The zero-order valence-corrected chi connectivity index (χ0v) is 10.5. The Kier molecular flexibility index (Phi) is 3.90. The molecule has 1 N–H and O–H groups in total. The van der Waals surface area contributed by atoms with Crippen molar-refractivity contribution in [1.29, 1.82) is 0 Å². The van der Waals surface area contributed by atoms with Crippen molar-refractivity contribution in [2.24, 2.45) is 0 Å². The Morgan fingerprint density at radius 2 is 1.17 bits per heavy atom. The molecule has 0 spiro atoms. The second-order valence-corrected chi connectivity index (χ2v) is 4.07. The lowest BCUT2D eigenvalue weighted by Crippen LogP contribution is -2.30. The average molecular weight is 242 g/mol. The molecule has 2 rings (SSSR count). The summed E-state index contributed by atoms with van der Waals surface area (Å²) in [6, 6.07) is 14.9. The molecular formula is C14H15BO3. The number of rotatable bonds is 4. The summed E-state index contributed by atoms with van der Waals surface area (Å²) in [5, 5.41) is 9.76. The highest BCUT2D eigenvalue weighted by atomic mass is 16.7. The normalized spacial score (nSPS) is 9.94. The maximum absolute atomic E-state index is 9.76. The SMILES string of the molecule is Cc1ccccc1OB(O)Oc1ccccc1C. The summed E-state index contributed by atoms with van der Waals surface area (Å²) in [7, 11) is -1.31. The minimum absolute atomic E-state index is 0.610. The Labute approximate surface area is 107 Å². The van der Waals surface area contributed by atoms with Crippen molar-refractivity contribution >= 4 is 7.32 Å². The van der Waals surface area contributed by atoms with Crippen molar-refractivity contribution in [2.75, 3.05) is 0 Å². The highest BCUT2D eigenvalue weighted by Crippen LogP contribution is 2.20. The fourth-order valence-electron chi connectivity index (χ4n) is 1.62. The molecule has 4 heteroatoms. The molecule has 0 saturated heterocycles. The predicted molar refractivity (Wildman–Crippen MR) is 71.6 cm³/mol. The maximum Gasteiger partial charge on any atom is 0.785 e. The molecule has 0 radical (unpaired) electrons. The first-order chi connectivity index (χ1) is 8.66. The smallest absolute Gasteiger partial charge is 0.501 e. The molecular weight excluding hydrogens is 227 g/mol. The molecule has 2 aromatic rings. The van der Waals surface area contributed by atoms with Crippen LogP contribution in [0.4, 0.5) is 0 Å². The van der Waals surface area contributed by atoms with Gasteiger partial charge in [-0.2, -0.15) is 0 Å². The molecule has 0 amide bonds. The van der Waals surface area contributed by atoms with Crippen molar-refractivity contribution in [2.45, 2.75) is 13.8 Å². The van der Waals surface area contributed by atoms with E-state index in [4.69, 9.17) is 9.31 Å². The number of aryl methyl sites for hydroxylation is 2. The van der Waals surface area contributed by atoms with Crippen LogP contribution in [0.2, 0.25) is 0 Å². The van der Waals surface area contributed by atoms with E-state index in [0.29, 0.717) is 11.5 Å². The third-order valence-corrected chi connectivity index (χ3v) is 2.64. The summed E-state index contributed by atoms with van der Waals surface area (Å²) < 4.78 is 10.7. The van der Waals surface area contributed by atoms with Gasteiger partial charge in [0.25, 0.3) is 0 Å². The van der Waals surface area contributed by atoms with Crippen molar-refractivity contribution < 1.29 is 14.3 Å². The van der Waals surface area contributed by atoms with Crippen LogP contribution in [0.15, 0.2) is 48.5 Å². The zero-order chi connectivity index (χ0) is 13.0. The second-order valence-electron chi connectivity index (χ2n) is 4.07. The maximum atomic E-state index is 9.76. The van der Waals surface area contributed by atoms with Crippen molar-refractivity contribution in [3.63, 3.8) is 0 Å². The van der Waals surface area contributed by atoms with Gasteiger partial charge in [-0.1, -0.05) is 36.4 Å². The fraction of sp³-hybridized carbons (Fsp3) is 0.143. The van der Waals surface area contributed by atoms with Gasteiger partial charge in [-0.05, 0) is 37.1 Å². The summed E-state index contributed by atoms with van der Waals surface area (Å²) in [6.45, 7) is 3.83. The Balaban J connectivity index is 2.04. The van der Waals surface area contributed by atoms with Gasteiger partial charge in [0, 0.05) is 0 Å². The molecule has 0 aliphatic rings. The predicted octanol–water partition coefficient (Wildman–Crippen LogP) is 2.74. The van der Waals surface area contributed by atoms with Gasteiger partial charge < -0.3 is 14.3 Å². The van der Waals surface area contributed by atoms with Crippen LogP contribution in [0, 0.1) is 13.8 Å². The van der Waals surface area contributed by atoms with E-state index in [1.807, 2.05) is 50.2 Å². The second kappa shape index (κ2) is 5.60. The lowest BCUT2D eigenvalue weighted by Gasteiger charge is -2.13. The molecule has 0 fully saturated rings. The molecule has 0 unspecified atom stereocenters. The van der Waals surface area contributed by atoms with E-state index in [2.05, 4.69) is 0 Å². The third-order valence-electron chi connectivity index (χ3n) is 2.64. The number of hydrogen-bond acceptors (Lipinski definition) is 3. The minimum atomic E-state index is -1.31. The summed E-state index contributed by atoms with van der Waals surface area (Å²) in [5.74, 6) is 1.22. The zero-order valence-electron chi connectivity index (χ0n) is 10.5. The molecule has 0 heterocycles. The first-order valence-corrected chi connectivity index (χ1v) is 5.79. The van der Waals surface area contributed by atoms with Crippen molar-refractivity contribution in [3.8, 4) is 11.5 Å². The lowest BCUT2D eigenvalue weighted by molar-refractivity contribution is 0.296. The average Bonchev–Trinajstić information content (AvgIpc) is 2.35. The van der Waals surface area contributed by atoms with Gasteiger partial charge >= 0.3 is 7.32 Å². The topological polar surface area (TPSA) is 38.7 Å². The Hall–Kier alpha value is -1.94. The molecule has 0 bridgehead atoms. The van der Waals surface area contributed by atoms with Gasteiger partial charge in [0.2, 0.25) is 0 Å². The van der Waals surface area contributed by atoms with E-state index in [1.54, 1.807) is 12.1 Å². The minimum Gasteiger partial charge on any atom is -0.501 e. The van der Waals surface area contributed by atoms with Crippen LogP contribution >= 0.6 is 0 Å². The molecule has 0 aromatic heterocycles. The van der Waals surface area contributed by atoms with Gasteiger partial charge in [0.05, 0.1) is 0 Å². The molecule has 0 saturated carbocycles. The van der Waals surface area contributed by atoms with Crippen LogP contribution in [0.1, 0.15) is 11.1 Å². The highest BCUT2D eigenvalue weighted by Gasteiger charge is 2.22. The van der Waals surface area contributed by atoms with Crippen LogP contribution in [0.3, 0.4) is 0 Å². The van der Waals surface area contributed by atoms with Crippen LogP contribution < -0.4 is 9.31 Å². The number of benzene rings is 2. The largest absolute Gasteiger partial charge is 0.785 e. The summed E-state index contributed by atoms with van der Waals surface area (Å²) in [4.78, 5) is 0. The van der Waals surface area contributed by atoms with E-state index in [-0.39, 0.29) is 0 Å². The molecule has 92 valence electrons. The summed E-state index contributed by atoms with van der Waals surface area (Å²) in [6.07, 6.45) is 0. The summed E-state index contributed by atoms with van der Waals surface area (Å²) >= 11 is 0. The van der Waals surface area contributed by atoms with Crippen LogP contribution in [0.5, 0.6) is 11.5 Å². The molecule has 0 aliphatic carbocycles. The van der Waals surface area contributed by atoms with E-state index in [1.165, 1.54) is 0 Å². The quantitative estimate of drug-likeness (QED) is 0.837. The van der Waals surface area contributed by atoms with Crippen LogP contribution in [-0.4, -0.2) is 12.3 Å². The molecule has 0 aliphatic heterocycles. The molecule has 3 nitrogen and oxygen atoms in total. The lowest BCUT2D eigenvalue weighted by atomic mass is 10.1. The van der Waals surface area contributed by atoms with Crippen molar-refractivity contribution in [1.82, 2.24) is 0 Å². The van der Waals surface area contributed by atoms with Gasteiger partial charge in [0.15, 0.2) is 0 Å². The van der Waals surface area contributed by atoms with E-state index < -0.39 is 7.32 Å². The van der Waals surface area contributed by atoms with Gasteiger partial charge in [-0.3, -0.25) is 0 Å². The number of para-hydroxylation sites is 2.